The first-order valence-corrected chi connectivity index (χ1v) is 8.07. The number of hydrogen-bond acceptors (Lipinski definition) is 3. The maximum atomic E-state index is 13.4. The Bertz CT molecular complexity index is 948. The number of amides is 1. The van der Waals surface area contributed by atoms with Crippen LogP contribution in [-0.2, 0) is 0 Å². The largest absolute Gasteiger partial charge is 0.361 e. The molecule has 0 bridgehead atoms. The quantitative estimate of drug-likeness (QED) is 0.745. The lowest BCUT2D eigenvalue weighted by Gasteiger charge is -2.27. The average Bonchev–Trinajstić information content (AvgIpc) is 2.91. The van der Waals surface area contributed by atoms with Crippen molar-refractivity contribution in [2.45, 2.75) is 6.17 Å². The molecule has 0 radical (unpaired) electrons. The second kappa shape index (κ2) is 6.18. The fourth-order valence-corrected chi connectivity index (χ4v) is 3.15. The topological polar surface area (TPSA) is 45.2 Å². The number of fused-ring (bicyclic) bond motifs is 1. The monoisotopic (exact) mass is 353 g/mol. The predicted molar refractivity (Wildman–Crippen MR) is 95.3 cm³/mol. The smallest absolute Gasteiger partial charge is 0.260 e. The van der Waals surface area contributed by atoms with E-state index in [0.29, 0.717) is 16.9 Å². The highest BCUT2D eigenvalue weighted by atomic mass is 35.5. The van der Waals surface area contributed by atoms with Gasteiger partial charge in [-0.05, 0) is 36.4 Å². The summed E-state index contributed by atoms with van der Waals surface area (Å²) in [4.78, 5) is 18.6. The molecular weight excluding hydrogens is 341 g/mol. The van der Waals surface area contributed by atoms with Crippen LogP contribution in [-0.4, -0.2) is 10.9 Å². The van der Waals surface area contributed by atoms with Gasteiger partial charge in [0.25, 0.3) is 5.91 Å². The van der Waals surface area contributed by atoms with E-state index in [-0.39, 0.29) is 10.9 Å². The summed E-state index contributed by atoms with van der Waals surface area (Å²) < 4.78 is 13.4. The molecule has 0 saturated heterocycles. The van der Waals surface area contributed by atoms with E-state index in [1.54, 1.807) is 35.5 Å². The number of rotatable bonds is 3. The van der Waals surface area contributed by atoms with Crippen LogP contribution in [0.2, 0.25) is 5.02 Å². The second-order valence-corrected chi connectivity index (χ2v) is 6.06. The van der Waals surface area contributed by atoms with Gasteiger partial charge in [0.05, 0.1) is 16.9 Å². The maximum absolute atomic E-state index is 13.4. The number of nitrogens with one attached hydrogen (secondary N) is 1. The molecule has 25 heavy (non-hydrogen) atoms. The average molecular weight is 354 g/mol. The van der Waals surface area contributed by atoms with Crippen molar-refractivity contribution < 1.29 is 9.18 Å². The normalized spacial score (nSPS) is 16.0. The summed E-state index contributed by atoms with van der Waals surface area (Å²) in [5.41, 5.74) is 2.76. The predicted octanol–water partition coefficient (Wildman–Crippen LogP) is 4.65. The van der Waals surface area contributed by atoms with Gasteiger partial charge in [0, 0.05) is 23.0 Å². The van der Waals surface area contributed by atoms with E-state index in [1.165, 1.54) is 12.1 Å². The molecule has 6 heteroatoms. The van der Waals surface area contributed by atoms with E-state index in [9.17, 15) is 9.18 Å². The van der Waals surface area contributed by atoms with Crippen LogP contribution in [0, 0.1) is 5.82 Å². The number of carbonyl (C=O) groups is 1. The molecule has 124 valence electrons. The lowest BCUT2D eigenvalue weighted by Crippen LogP contribution is -2.32. The van der Waals surface area contributed by atoms with Crippen molar-refractivity contribution in [2.75, 3.05) is 10.2 Å². The van der Waals surface area contributed by atoms with E-state index in [4.69, 9.17) is 11.6 Å². The SMILES string of the molecule is O=C1c2ccccc2[C@@H](Nc2ccc(F)c(Cl)c2)N1c1cccnc1. The van der Waals surface area contributed by atoms with Gasteiger partial charge in [0.2, 0.25) is 0 Å². The third-order valence-electron chi connectivity index (χ3n) is 4.11. The van der Waals surface area contributed by atoms with Crippen molar-refractivity contribution in [3.8, 4) is 0 Å². The molecular formula is C19H13ClFN3O. The second-order valence-electron chi connectivity index (χ2n) is 5.65. The Kier molecular flexibility index (Phi) is 3.86. The van der Waals surface area contributed by atoms with Gasteiger partial charge in [-0.25, -0.2) is 4.39 Å². The zero-order valence-corrected chi connectivity index (χ0v) is 13.7. The molecule has 0 unspecified atom stereocenters. The number of nitrogens with zero attached hydrogens (tertiary/aromatic N) is 2. The lowest BCUT2D eigenvalue weighted by atomic mass is 10.1. The molecule has 0 aliphatic carbocycles. The van der Waals surface area contributed by atoms with Crippen LogP contribution in [0.15, 0.2) is 67.0 Å². The maximum Gasteiger partial charge on any atom is 0.260 e. The molecule has 3 aromatic rings. The molecule has 0 fully saturated rings. The number of hydrogen-bond donors (Lipinski definition) is 1. The van der Waals surface area contributed by atoms with E-state index < -0.39 is 12.0 Å². The molecule has 4 rings (SSSR count). The Balaban J connectivity index is 1.78. The summed E-state index contributed by atoms with van der Waals surface area (Å²) in [5.74, 6) is -0.603. The van der Waals surface area contributed by atoms with Crippen LogP contribution >= 0.6 is 11.6 Å². The van der Waals surface area contributed by atoms with Gasteiger partial charge in [0.1, 0.15) is 12.0 Å². The zero-order valence-electron chi connectivity index (χ0n) is 13.0. The van der Waals surface area contributed by atoms with E-state index in [0.717, 1.165) is 5.56 Å². The molecule has 1 aliphatic rings. The van der Waals surface area contributed by atoms with Gasteiger partial charge in [-0.1, -0.05) is 29.8 Å². The zero-order chi connectivity index (χ0) is 17.4. The molecule has 2 heterocycles. The van der Waals surface area contributed by atoms with Gasteiger partial charge in [0.15, 0.2) is 0 Å². The molecule has 1 aromatic heterocycles. The van der Waals surface area contributed by atoms with E-state index in [2.05, 4.69) is 10.3 Å². The van der Waals surface area contributed by atoms with Crippen molar-refractivity contribution in [2.24, 2.45) is 0 Å². The van der Waals surface area contributed by atoms with Crippen LogP contribution in [0.25, 0.3) is 0 Å². The summed E-state index contributed by atoms with van der Waals surface area (Å²) in [7, 11) is 0. The first-order chi connectivity index (χ1) is 12.1. The summed E-state index contributed by atoms with van der Waals surface area (Å²) in [6, 6.07) is 15.4. The van der Waals surface area contributed by atoms with Crippen LogP contribution in [0.5, 0.6) is 0 Å². The summed E-state index contributed by atoms with van der Waals surface area (Å²) >= 11 is 5.88. The Morgan fingerprint density at radius 2 is 1.96 bits per heavy atom. The lowest BCUT2D eigenvalue weighted by molar-refractivity contribution is 0.0993. The minimum absolute atomic E-state index is 0.0236. The Morgan fingerprint density at radius 3 is 2.72 bits per heavy atom. The first-order valence-electron chi connectivity index (χ1n) is 7.69. The summed E-state index contributed by atoms with van der Waals surface area (Å²) in [6.07, 6.45) is 2.85. The van der Waals surface area contributed by atoms with Gasteiger partial charge in [-0.15, -0.1) is 0 Å². The van der Waals surface area contributed by atoms with E-state index in [1.807, 2.05) is 24.3 Å². The van der Waals surface area contributed by atoms with E-state index >= 15 is 0 Å². The number of pyridine rings is 1. The van der Waals surface area contributed by atoms with Gasteiger partial charge in [-0.2, -0.15) is 0 Å². The third kappa shape index (κ3) is 2.72. The summed E-state index contributed by atoms with van der Waals surface area (Å²) in [5, 5.41) is 3.29. The van der Waals surface area contributed by atoms with Crippen molar-refractivity contribution in [1.82, 2.24) is 4.98 Å². The van der Waals surface area contributed by atoms with Crippen molar-refractivity contribution >= 4 is 28.9 Å². The summed E-state index contributed by atoms with van der Waals surface area (Å²) in [6.45, 7) is 0. The molecule has 1 atom stereocenters. The Labute approximate surface area is 148 Å². The van der Waals surface area contributed by atoms with Gasteiger partial charge < -0.3 is 5.32 Å². The van der Waals surface area contributed by atoms with Crippen molar-refractivity contribution in [3.05, 3.63) is 89.0 Å². The highest BCUT2D eigenvalue weighted by Crippen LogP contribution is 2.38. The van der Waals surface area contributed by atoms with Crippen LogP contribution in [0.1, 0.15) is 22.1 Å². The van der Waals surface area contributed by atoms with Crippen LogP contribution in [0.4, 0.5) is 15.8 Å². The highest BCUT2D eigenvalue weighted by Gasteiger charge is 2.37. The third-order valence-corrected chi connectivity index (χ3v) is 4.40. The molecule has 4 nitrogen and oxygen atoms in total. The van der Waals surface area contributed by atoms with Crippen molar-refractivity contribution in [1.29, 1.82) is 0 Å². The minimum atomic E-state index is -0.487. The van der Waals surface area contributed by atoms with Crippen LogP contribution in [0.3, 0.4) is 0 Å². The Morgan fingerprint density at radius 1 is 1.12 bits per heavy atom. The fraction of sp³-hybridized carbons (Fsp3) is 0.0526. The van der Waals surface area contributed by atoms with Crippen molar-refractivity contribution in [3.63, 3.8) is 0 Å². The molecule has 2 aromatic carbocycles. The Hall–Kier alpha value is -2.92. The number of halogens is 2. The van der Waals surface area contributed by atoms with Gasteiger partial charge >= 0.3 is 0 Å². The highest BCUT2D eigenvalue weighted by molar-refractivity contribution is 6.31. The minimum Gasteiger partial charge on any atom is -0.361 e. The number of benzene rings is 2. The molecule has 1 amide bonds. The van der Waals surface area contributed by atoms with Crippen LogP contribution < -0.4 is 10.2 Å². The number of anilines is 2. The molecule has 1 aliphatic heterocycles. The molecule has 0 spiro atoms. The molecule has 1 N–H and O–H groups in total. The molecule has 0 saturated carbocycles. The fourth-order valence-electron chi connectivity index (χ4n) is 2.96. The number of carbonyl (C=O) groups excluding carboxylic acids is 1. The number of aromatic nitrogens is 1. The first kappa shape index (κ1) is 15.6. The standard InChI is InChI=1S/C19H13ClFN3O/c20-16-10-12(7-8-17(16)21)23-18-14-5-1-2-6-15(14)19(25)24(18)13-4-3-9-22-11-13/h1-11,18,23H/t18-/m0/s1. The van der Waals surface area contributed by atoms with Gasteiger partial charge in [-0.3, -0.25) is 14.7 Å².